The van der Waals surface area contributed by atoms with Crippen molar-refractivity contribution in [3.8, 4) is 0 Å². The van der Waals surface area contributed by atoms with Gasteiger partial charge in [-0.15, -0.1) is 0 Å². The Kier molecular flexibility index (Phi) is 7.23. The number of carbonyl (C=O) groups is 1. The normalized spacial score (nSPS) is 17.3. The summed E-state index contributed by atoms with van der Waals surface area (Å²) in [5.41, 5.74) is 3.00. The second kappa shape index (κ2) is 8.57. The smallest absolute Gasteiger partial charge is 0.234 e. The number of nitrogens with zero attached hydrogens (tertiary/aromatic N) is 1. The maximum absolute atomic E-state index is 11.6. The molecule has 0 spiro atoms. The molecule has 1 aliphatic heterocycles. The van der Waals surface area contributed by atoms with Gasteiger partial charge in [0.1, 0.15) is 0 Å². The third kappa shape index (κ3) is 6.11. The molecule has 0 saturated carbocycles. The summed E-state index contributed by atoms with van der Waals surface area (Å²) in [7, 11) is 0. The maximum Gasteiger partial charge on any atom is 0.234 e. The van der Waals surface area contributed by atoms with E-state index in [9.17, 15) is 4.79 Å². The summed E-state index contributed by atoms with van der Waals surface area (Å²) in [6.07, 6.45) is 10.5. The van der Waals surface area contributed by atoms with Crippen molar-refractivity contribution < 1.29 is 4.79 Å². The number of carbonyl (C=O) groups excluding carboxylic acids is 1. The van der Waals surface area contributed by atoms with E-state index in [1.165, 1.54) is 44.9 Å². The Hall–Kier alpha value is -0.570. The van der Waals surface area contributed by atoms with Crippen molar-refractivity contribution in [2.24, 2.45) is 0 Å². The Morgan fingerprint density at radius 1 is 1.06 bits per heavy atom. The summed E-state index contributed by atoms with van der Waals surface area (Å²) in [5, 5.41) is 2.08. The molecule has 0 unspecified atom stereocenters. The zero-order chi connectivity index (χ0) is 11.6. The van der Waals surface area contributed by atoms with Crippen LogP contribution >= 0.6 is 0 Å². The van der Waals surface area contributed by atoms with Gasteiger partial charge in [0, 0.05) is 19.5 Å². The number of nitrogens with one attached hydrogen (secondary N) is 1. The summed E-state index contributed by atoms with van der Waals surface area (Å²) in [6.45, 7) is 4.27. The maximum atomic E-state index is 11.6. The lowest BCUT2D eigenvalue weighted by atomic mass is 10.1. The van der Waals surface area contributed by atoms with Gasteiger partial charge in [-0.25, -0.2) is 5.01 Å². The van der Waals surface area contributed by atoms with Gasteiger partial charge in [0.15, 0.2) is 0 Å². The molecule has 1 saturated heterocycles. The molecule has 3 nitrogen and oxygen atoms in total. The van der Waals surface area contributed by atoms with Crippen LogP contribution in [0, 0.1) is 0 Å². The van der Waals surface area contributed by atoms with Gasteiger partial charge in [-0.1, -0.05) is 39.0 Å². The van der Waals surface area contributed by atoms with Gasteiger partial charge in [-0.3, -0.25) is 10.2 Å². The molecule has 0 aliphatic carbocycles. The minimum atomic E-state index is 0.207. The SMILES string of the molecule is CCCCCCCC(=O)NN1CCCCC1. The first-order chi connectivity index (χ1) is 7.83. The average molecular weight is 226 g/mol. The number of rotatable bonds is 7. The molecule has 0 radical (unpaired) electrons. The fourth-order valence-corrected chi connectivity index (χ4v) is 2.13. The lowest BCUT2D eigenvalue weighted by Crippen LogP contribution is -2.44. The first kappa shape index (κ1) is 13.5. The largest absolute Gasteiger partial charge is 0.289 e. The molecule has 1 N–H and O–H groups in total. The third-order valence-electron chi connectivity index (χ3n) is 3.15. The van der Waals surface area contributed by atoms with E-state index in [2.05, 4.69) is 17.4 Å². The monoisotopic (exact) mass is 226 g/mol. The number of amides is 1. The molecule has 0 aromatic rings. The highest BCUT2D eigenvalue weighted by atomic mass is 16.2. The molecule has 0 bridgehead atoms. The quantitative estimate of drug-likeness (QED) is 0.677. The molecule has 1 heterocycles. The van der Waals surface area contributed by atoms with Crippen LogP contribution in [-0.2, 0) is 4.79 Å². The van der Waals surface area contributed by atoms with Gasteiger partial charge in [0.25, 0.3) is 0 Å². The molecule has 1 fully saturated rings. The van der Waals surface area contributed by atoms with Gasteiger partial charge in [-0.2, -0.15) is 0 Å². The first-order valence-corrected chi connectivity index (χ1v) is 6.87. The van der Waals surface area contributed by atoms with Crippen molar-refractivity contribution in [2.45, 2.75) is 64.7 Å². The van der Waals surface area contributed by atoms with E-state index < -0.39 is 0 Å². The Labute approximate surface area is 99.6 Å². The van der Waals surface area contributed by atoms with Gasteiger partial charge >= 0.3 is 0 Å². The Morgan fingerprint density at radius 3 is 2.44 bits per heavy atom. The van der Waals surface area contributed by atoms with Crippen LogP contribution in [0.1, 0.15) is 64.7 Å². The van der Waals surface area contributed by atoms with Crippen molar-refractivity contribution in [3.05, 3.63) is 0 Å². The lowest BCUT2D eigenvalue weighted by Gasteiger charge is -2.26. The molecule has 1 rings (SSSR count). The van der Waals surface area contributed by atoms with Crippen LogP contribution in [0.3, 0.4) is 0 Å². The molecule has 3 heteroatoms. The van der Waals surface area contributed by atoms with Gasteiger partial charge in [0.2, 0.25) is 5.91 Å². The highest BCUT2D eigenvalue weighted by Crippen LogP contribution is 2.07. The predicted molar refractivity (Wildman–Crippen MR) is 66.9 cm³/mol. The van der Waals surface area contributed by atoms with E-state index >= 15 is 0 Å². The minimum absolute atomic E-state index is 0.207. The molecule has 0 atom stereocenters. The molecule has 16 heavy (non-hydrogen) atoms. The van der Waals surface area contributed by atoms with Gasteiger partial charge in [0.05, 0.1) is 0 Å². The fourth-order valence-electron chi connectivity index (χ4n) is 2.13. The molecule has 0 aromatic carbocycles. The second-order valence-corrected chi connectivity index (χ2v) is 4.75. The molecular weight excluding hydrogens is 200 g/mol. The predicted octanol–water partition coefficient (Wildman–Crippen LogP) is 2.86. The Morgan fingerprint density at radius 2 is 1.75 bits per heavy atom. The number of hydrazine groups is 1. The van der Waals surface area contributed by atoms with E-state index in [0.717, 1.165) is 19.5 Å². The van der Waals surface area contributed by atoms with E-state index in [0.29, 0.717) is 6.42 Å². The lowest BCUT2D eigenvalue weighted by molar-refractivity contribution is -0.126. The topological polar surface area (TPSA) is 32.3 Å². The number of hydrogen-bond donors (Lipinski definition) is 1. The molecule has 1 amide bonds. The summed E-state index contributed by atoms with van der Waals surface area (Å²) in [4.78, 5) is 11.6. The van der Waals surface area contributed by atoms with Gasteiger partial charge < -0.3 is 0 Å². The third-order valence-corrected chi connectivity index (χ3v) is 3.15. The second-order valence-electron chi connectivity index (χ2n) is 4.75. The minimum Gasteiger partial charge on any atom is -0.289 e. The number of piperidine rings is 1. The van der Waals surface area contributed by atoms with E-state index in [1.54, 1.807) is 0 Å². The highest BCUT2D eigenvalue weighted by molar-refractivity contribution is 5.75. The summed E-state index contributed by atoms with van der Waals surface area (Å²) in [5.74, 6) is 0.207. The van der Waals surface area contributed by atoms with Crippen LogP contribution in [-0.4, -0.2) is 24.0 Å². The van der Waals surface area contributed by atoms with Crippen LogP contribution in [0.5, 0.6) is 0 Å². The molecule has 94 valence electrons. The van der Waals surface area contributed by atoms with Crippen LogP contribution in [0.4, 0.5) is 0 Å². The summed E-state index contributed by atoms with van der Waals surface area (Å²) in [6, 6.07) is 0. The number of hydrogen-bond acceptors (Lipinski definition) is 2. The molecular formula is C13H26N2O. The van der Waals surface area contributed by atoms with E-state index in [4.69, 9.17) is 0 Å². The fraction of sp³-hybridized carbons (Fsp3) is 0.923. The molecule has 0 aromatic heterocycles. The van der Waals surface area contributed by atoms with Gasteiger partial charge in [-0.05, 0) is 19.3 Å². The highest BCUT2D eigenvalue weighted by Gasteiger charge is 2.11. The zero-order valence-electron chi connectivity index (χ0n) is 10.6. The molecule has 1 aliphatic rings. The Balaban J connectivity index is 1.97. The van der Waals surface area contributed by atoms with Crippen LogP contribution in [0.2, 0.25) is 0 Å². The first-order valence-electron chi connectivity index (χ1n) is 6.87. The summed E-state index contributed by atoms with van der Waals surface area (Å²) < 4.78 is 0. The van der Waals surface area contributed by atoms with Crippen LogP contribution < -0.4 is 5.43 Å². The number of unbranched alkanes of at least 4 members (excludes halogenated alkanes) is 4. The standard InChI is InChI=1S/C13H26N2O/c1-2-3-4-5-7-10-13(16)14-15-11-8-6-9-12-15/h2-12H2,1H3,(H,14,16). The van der Waals surface area contributed by atoms with Crippen LogP contribution in [0.15, 0.2) is 0 Å². The van der Waals surface area contributed by atoms with Crippen molar-refractivity contribution in [3.63, 3.8) is 0 Å². The van der Waals surface area contributed by atoms with Crippen molar-refractivity contribution >= 4 is 5.91 Å². The van der Waals surface area contributed by atoms with Crippen molar-refractivity contribution in [1.29, 1.82) is 0 Å². The Bertz CT molecular complexity index is 188. The van der Waals surface area contributed by atoms with Crippen LogP contribution in [0.25, 0.3) is 0 Å². The van der Waals surface area contributed by atoms with Crippen molar-refractivity contribution in [2.75, 3.05) is 13.1 Å². The van der Waals surface area contributed by atoms with E-state index in [-0.39, 0.29) is 5.91 Å². The summed E-state index contributed by atoms with van der Waals surface area (Å²) >= 11 is 0. The average Bonchev–Trinajstić information content (AvgIpc) is 2.30. The van der Waals surface area contributed by atoms with E-state index in [1.807, 2.05) is 0 Å². The van der Waals surface area contributed by atoms with Crippen molar-refractivity contribution in [1.82, 2.24) is 10.4 Å². The zero-order valence-corrected chi connectivity index (χ0v) is 10.6.